The lowest BCUT2D eigenvalue weighted by atomic mass is 10.2. The van der Waals surface area contributed by atoms with E-state index in [1.165, 1.54) is 12.1 Å². The van der Waals surface area contributed by atoms with E-state index < -0.39 is 5.82 Å². The van der Waals surface area contributed by atoms with Gasteiger partial charge in [0.05, 0.1) is 34.7 Å². The predicted octanol–water partition coefficient (Wildman–Crippen LogP) is 2.79. The number of anilines is 1. The van der Waals surface area contributed by atoms with Crippen LogP contribution >= 0.6 is 11.6 Å². The molecule has 3 aromatic rings. The molecular weight excluding hydrogens is 359 g/mol. The predicted molar refractivity (Wildman–Crippen MR) is 98.7 cm³/mol. The summed E-state index contributed by atoms with van der Waals surface area (Å²) in [4.78, 5) is 33.0. The van der Waals surface area contributed by atoms with Gasteiger partial charge in [-0.2, -0.15) is 0 Å². The molecule has 1 aromatic heterocycles. The van der Waals surface area contributed by atoms with Crippen LogP contribution in [-0.4, -0.2) is 34.4 Å². The zero-order chi connectivity index (χ0) is 18.7. The quantitative estimate of drug-likeness (QED) is 0.719. The number of carbonyl (C=O) groups is 1. The number of nitrogens with one attached hydrogen (secondary N) is 2. The van der Waals surface area contributed by atoms with Crippen LogP contribution in [0.4, 0.5) is 10.1 Å². The Hall–Kier alpha value is -2.77. The fourth-order valence-electron chi connectivity index (χ4n) is 2.55. The summed E-state index contributed by atoms with van der Waals surface area (Å²) in [5.41, 5.74) is 0.715. The minimum absolute atomic E-state index is 0.0459. The Balaban J connectivity index is 1.66. The number of aromatic amines is 1. The third-order valence-corrected chi connectivity index (χ3v) is 4.01. The maximum Gasteiger partial charge on any atom is 0.258 e. The van der Waals surface area contributed by atoms with Gasteiger partial charge in [0, 0.05) is 0 Å². The van der Waals surface area contributed by atoms with Crippen molar-refractivity contribution in [2.24, 2.45) is 0 Å². The second kappa shape index (κ2) is 7.63. The van der Waals surface area contributed by atoms with E-state index in [2.05, 4.69) is 15.3 Å². The number of para-hydroxylation sites is 1. The number of likely N-dealkylation sites (N-methyl/N-ethyl adjacent to an activating group) is 1. The lowest BCUT2D eigenvalue weighted by Gasteiger charge is -2.16. The zero-order valence-electron chi connectivity index (χ0n) is 13.9. The van der Waals surface area contributed by atoms with Crippen molar-refractivity contribution in [1.82, 2.24) is 14.9 Å². The first kappa shape index (κ1) is 18.0. The number of H-pyrrole nitrogens is 1. The molecule has 0 bridgehead atoms. The smallest absolute Gasteiger partial charge is 0.258 e. The number of carbonyl (C=O) groups excluding carboxylic acids is 1. The Kier molecular flexibility index (Phi) is 5.29. The number of fused-ring (bicyclic) bond motifs is 1. The van der Waals surface area contributed by atoms with E-state index in [1.807, 2.05) is 6.07 Å². The molecule has 6 nitrogen and oxygen atoms in total. The van der Waals surface area contributed by atoms with Crippen LogP contribution in [0.5, 0.6) is 0 Å². The number of benzene rings is 2. The molecule has 0 atom stereocenters. The molecule has 26 heavy (non-hydrogen) atoms. The molecule has 2 N–H and O–H groups in total. The van der Waals surface area contributed by atoms with Crippen molar-refractivity contribution in [2.75, 3.05) is 18.9 Å². The fraction of sp³-hybridized carbons (Fsp3) is 0.167. The Bertz CT molecular complexity index is 1020. The molecule has 0 aliphatic heterocycles. The van der Waals surface area contributed by atoms with Crippen molar-refractivity contribution >= 4 is 34.1 Å². The number of hydrogen-bond acceptors (Lipinski definition) is 4. The van der Waals surface area contributed by atoms with Gasteiger partial charge in [0.1, 0.15) is 11.6 Å². The van der Waals surface area contributed by atoms with E-state index >= 15 is 0 Å². The van der Waals surface area contributed by atoms with Crippen molar-refractivity contribution in [3.05, 3.63) is 69.5 Å². The Labute approximate surface area is 153 Å². The average Bonchev–Trinajstić information content (AvgIpc) is 2.57. The van der Waals surface area contributed by atoms with Crippen LogP contribution < -0.4 is 10.9 Å². The number of rotatable bonds is 5. The van der Waals surface area contributed by atoms with E-state index in [0.29, 0.717) is 22.4 Å². The van der Waals surface area contributed by atoms with Crippen molar-refractivity contribution in [2.45, 2.75) is 6.54 Å². The Morgan fingerprint density at radius 2 is 2.08 bits per heavy atom. The molecule has 1 heterocycles. The van der Waals surface area contributed by atoms with Crippen molar-refractivity contribution in [1.29, 1.82) is 0 Å². The van der Waals surface area contributed by atoms with Gasteiger partial charge >= 0.3 is 0 Å². The first-order valence-corrected chi connectivity index (χ1v) is 8.21. The molecule has 8 heteroatoms. The molecule has 0 spiro atoms. The number of nitrogens with zero attached hydrogens (tertiary/aromatic N) is 2. The van der Waals surface area contributed by atoms with Gasteiger partial charge < -0.3 is 10.3 Å². The first-order valence-electron chi connectivity index (χ1n) is 7.84. The van der Waals surface area contributed by atoms with Crippen LogP contribution in [0.2, 0.25) is 5.02 Å². The molecule has 3 rings (SSSR count). The summed E-state index contributed by atoms with van der Waals surface area (Å²) >= 11 is 5.89. The standard InChI is InChI=1S/C18H16ClFN4O2/c1-24(10-17(25)22-15-7-6-11(20)8-13(15)19)9-16-21-14-5-3-2-4-12(14)18(26)23-16/h2-8H,9-10H2,1H3,(H,22,25)(H,21,23,26). The summed E-state index contributed by atoms with van der Waals surface area (Å²) < 4.78 is 13.0. The molecule has 2 aromatic carbocycles. The van der Waals surface area contributed by atoms with E-state index in [-0.39, 0.29) is 29.6 Å². The second-order valence-electron chi connectivity index (χ2n) is 5.87. The third kappa shape index (κ3) is 4.25. The maximum atomic E-state index is 13.0. The largest absolute Gasteiger partial charge is 0.324 e. The topological polar surface area (TPSA) is 78.1 Å². The van der Waals surface area contributed by atoms with Gasteiger partial charge in [-0.1, -0.05) is 23.7 Å². The van der Waals surface area contributed by atoms with Crippen LogP contribution in [0.3, 0.4) is 0 Å². The first-order chi connectivity index (χ1) is 12.4. The molecule has 134 valence electrons. The van der Waals surface area contributed by atoms with Gasteiger partial charge in [-0.05, 0) is 37.4 Å². The molecular formula is C18H16ClFN4O2. The molecule has 0 radical (unpaired) electrons. The van der Waals surface area contributed by atoms with Crippen LogP contribution in [0, 0.1) is 5.82 Å². The Morgan fingerprint density at radius 1 is 1.31 bits per heavy atom. The van der Waals surface area contributed by atoms with Gasteiger partial charge in [0.2, 0.25) is 5.91 Å². The van der Waals surface area contributed by atoms with Crippen LogP contribution in [0.1, 0.15) is 5.82 Å². The number of aromatic nitrogens is 2. The summed E-state index contributed by atoms with van der Waals surface area (Å²) in [6.07, 6.45) is 0. The van der Waals surface area contributed by atoms with E-state index in [0.717, 1.165) is 6.07 Å². The zero-order valence-corrected chi connectivity index (χ0v) is 14.7. The van der Waals surface area contributed by atoms with Gasteiger partial charge in [-0.15, -0.1) is 0 Å². The van der Waals surface area contributed by atoms with Gasteiger partial charge in [-0.25, -0.2) is 9.37 Å². The summed E-state index contributed by atoms with van der Waals surface area (Å²) in [6, 6.07) is 10.8. The minimum atomic E-state index is -0.476. The average molecular weight is 375 g/mol. The van der Waals surface area contributed by atoms with E-state index in [9.17, 15) is 14.0 Å². The maximum absolute atomic E-state index is 13.0. The highest BCUT2D eigenvalue weighted by molar-refractivity contribution is 6.33. The highest BCUT2D eigenvalue weighted by atomic mass is 35.5. The van der Waals surface area contributed by atoms with E-state index in [1.54, 1.807) is 30.1 Å². The highest BCUT2D eigenvalue weighted by Crippen LogP contribution is 2.22. The fourth-order valence-corrected chi connectivity index (χ4v) is 2.76. The van der Waals surface area contributed by atoms with Crippen LogP contribution in [0.25, 0.3) is 10.9 Å². The Morgan fingerprint density at radius 3 is 2.85 bits per heavy atom. The highest BCUT2D eigenvalue weighted by Gasteiger charge is 2.12. The minimum Gasteiger partial charge on any atom is -0.324 e. The number of halogens is 2. The monoisotopic (exact) mass is 374 g/mol. The SMILES string of the molecule is CN(CC(=O)Nc1ccc(F)cc1Cl)Cc1nc2ccccc2c(=O)[nH]1. The molecule has 0 saturated heterocycles. The molecule has 0 aliphatic carbocycles. The summed E-state index contributed by atoms with van der Waals surface area (Å²) in [5, 5.41) is 3.27. The lowest BCUT2D eigenvalue weighted by molar-refractivity contribution is -0.117. The second-order valence-corrected chi connectivity index (χ2v) is 6.28. The molecule has 1 amide bonds. The molecule has 0 fully saturated rings. The normalized spacial score (nSPS) is 11.1. The molecule has 0 saturated carbocycles. The number of amides is 1. The van der Waals surface area contributed by atoms with Crippen molar-refractivity contribution in [3.63, 3.8) is 0 Å². The third-order valence-electron chi connectivity index (χ3n) is 3.70. The van der Waals surface area contributed by atoms with Crippen molar-refractivity contribution in [3.8, 4) is 0 Å². The number of hydrogen-bond donors (Lipinski definition) is 2. The summed E-state index contributed by atoms with van der Waals surface area (Å²) in [5.74, 6) is -0.329. The molecule has 0 unspecified atom stereocenters. The lowest BCUT2D eigenvalue weighted by Crippen LogP contribution is -2.31. The van der Waals surface area contributed by atoms with Gasteiger partial charge in [-0.3, -0.25) is 14.5 Å². The van der Waals surface area contributed by atoms with Crippen molar-refractivity contribution < 1.29 is 9.18 Å². The van der Waals surface area contributed by atoms with Crippen LogP contribution in [-0.2, 0) is 11.3 Å². The molecule has 0 aliphatic rings. The van der Waals surface area contributed by atoms with Gasteiger partial charge in [0.25, 0.3) is 5.56 Å². The summed E-state index contributed by atoms with van der Waals surface area (Å²) in [6.45, 7) is 0.328. The van der Waals surface area contributed by atoms with Gasteiger partial charge in [0.15, 0.2) is 0 Å². The summed E-state index contributed by atoms with van der Waals surface area (Å²) in [7, 11) is 1.72. The van der Waals surface area contributed by atoms with Crippen LogP contribution in [0.15, 0.2) is 47.3 Å². The van der Waals surface area contributed by atoms with E-state index in [4.69, 9.17) is 11.6 Å².